The van der Waals surface area contributed by atoms with Crippen molar-refractivity contribution >= 4 is 22.8 Å². The SMILES string of the molecule is CSc1nn(C)c2ncccc12. The number of fused-ring (bicyclic) bond motifs is 1. The summed E-state index contributed by atoms with van der Waals surface area (Å²) in [5.41, 5.74) is 0.946. The maximum atomic E-state index is 4.33. The number of thioether (sulfide) groups is 1. The normalized spacial score (nSPS) is 10.8. The molecule has 0 saturated carbocycles. The molecule has 0 unspecified atom stereocenters. The van der Waals surface area contributed by atoms with Crippen LogP contribution in [-0.2, 0) is 7.05 Å². The van der Waals surface area contributed by atoms with Crippen molar-refractivity contribution in [2.75, 3.05) is 6.26 Å². The molecular weight excluding hydrogens is 170 g/mol. The highest BCUT2D eigenvalue weighted by Crippen LogP contribution is 2.22. The molecule has 3 nitrogen and oxygen atoms in total. The topological polar surface area (TPSA) is 30.7 Å². The lowest BCUT2D eigenvalue weighted by Gasteiger charge is -1.89. The van der Waals surface area contributed by atoms with E-state index in [4.69, 9.17) is 0 Å². The Labute approximate surface area is 74.8 Å². The van der Waals surface area contributed by atoms with Gasteiger partial charge in [0.2, 0.25) is 0 Å². The molecule has 0 spiro atoms. The van der Waals surface area contributed by atoms with Gasteiger partial charge in [0.15, 0.2) is 5.65 Å². The van der Waals surface area contributed by atoms with Gasteiger partial charge >= 0.3 is 0 Å². The van der Waals surface area contributed by atoms with E-state index >= 15 is 0 Å². The second-order valence-electron chi connectivity index (χ2n) is 2.51. The van der Waals surface area contributed by atoms with E-state index in [-0.39, 0.29) is 0 Å². The van der Waals surface area contributed by atoms with E-state index in [1.165, 1.54) is 0 Å². The second-order valence-corrected chi connectivity index (χ2v) is 3.30. The van der Waals surface area contributed by atoms with Crippen LogP contribution in [0.25, 0.3) is 11.0 Å². The third-order valence-electron chi connectivity index (χ3n) is 1.76. The van der Waals surface area contributed by atoms with Crippen molar-refractivity contribution in [3.05, 3.63) is 18.3 Å². The number of aryl methyl sites for hydroxylation is 1. The molecule has 0 radical (unpaired) electrons. The summed E-state index contributed by atoms with van der Waals surface area (Å²) >= 11 is 1.65. The molecule has 2 aromatic heterocycles. The molecule has 0 aliphatic rings. The lowest BCUT2D eigenvalue weighted by Crippen LogP contribution is -1.90. The minimum Gasteiger partial charge on any atom is -0.249 e. The highest BCUT2D eigenvalue weighted by atomic mass is 32.2. The van der Waals surface area contributed by atoms with Crippen molar-refractivity contribution < 1.29 is 0 Å². The first-order valence-electron chi connectivity index (χ1n) is 3.64. The van der Waals surface area contributed by atoms with Gasteiger partial charge in [-0.15, -0.1) is 11.8 Å². The van der Waals surface area contributed by atoms with Crippen LogP contribution in [0.1, 0.15) is 0 Å². The van der Waals surface area contributed by atoms with Crippen LogP contribution < -0.4 is 0 Å². The summed E-state index contributed by atoms with van der Waals surface area (Å²) in [5.74, 6) is 0. The number of pyridine rings is 1. The molecule has 0 fully saturated rings. The number of rotatable bonds is 1. The summed E-state index contributed by atoms with van der Waals surface area (Å²) in [4.78, 5) is 4.24. The molecule has 62 valence electrons. The van der Waals surface area contributed by atoms with Crippen molar-refractivity contribution in [1.82, 2.24) is 14.8 Å². The monoisotopic (exact) mass is 179 g/mol. The van der Waals surface area contributed by atoms with Crippen molar-refractivity contribution in [3.63, 3.8) is 0 Å². The van der Waals surface area contributed by atoms with Crippen molar-refractivity contribution in [3.8, 4) is 0 Å². The molecule has 0 aromatic carbocycles. The number of hydrogen-bond donors (Lipinski definition) is 0. The fourth-order valence-electron chi connectivity index (χ4n) is 1.21. The van der Waals surface area contributed by atoms with Gasteiger partial charge in [-0.1, -0.05) is 0 Å². The quantitative estimate of drug-likeness (QED) is 0.624. The maximum Gasteiger partial charge on any atom is 0.158 e. The summed E-state index contributed by atoms with van der Waals surface area (Å²) < 4.78 is 1.81. The van der Waals surface area contributed by atoms with Crippen LogP contribution >= 0.6 is 11.8 Å². The Bertz CT molecular complexity index is 408. The molecule has 0 amide bonds. The molecule has 0 atom stereocenters. The van der Waals surface area contributed by atoms with Crippen LogP contribution in [0.2, 0.25) is 0 Å². The van der Waals surface area contributed by atoms with Crippen LogP contribution in [-0.4, -0.2) is 21.0 Å². The van der Waals surface area contributed by atoms with Gasteiger partial charge in [0, 0.05) is 13.2 Å². The Kier molecular flexibility index (Phi) is 1.77. The average molecular weight is 179 g/mol. The summed E-state index contributed by atoms with van der Waals surface area (Å²) in [5, 5.41) is 6.50. The smallest absolute Gasteiger partial charge is 0.158 e. The van der Waals surface area contributed by atoms with E-state index < -0.39 is 0 Å². The third kappa shape index (κ3) is 0.992. The summed E-state index contributed by atoms with van der Waals surface area (Å²) in [6.07, 6.45) is 3.81. The predicted molar refractivity (Wildman–Crippen MR) is 50.3 cm³/mol. The highest BCUT2D eigenvalue weighted by molar-refractivity contribution is 7.98. The van der Waals surface area contributed by atoms with Crippen LogP contribution in [0.15, 0.2) is 23.4 Å². The molecule has 2 aromatic rings. The zero-order valence-electron chi connectivity index (χ0n) is 6.98. The Morgan fingerprint density at radius 1 is 1.50 bits per heavy atom. The second kappa shape index (κ2) is 2.79. The molecule has 0 N–H and O–H groups in total. The first-order valence-corrected chi connectivity index (χ1v) is 4.87. The number of nitrogens with zero attached hydrogens (tertiary/aromatic N) is 3. The van der Waals surface area contributed by atoms with E-state index in [9.17, 15) is 0 Å². The van der Waals surface area contributed by atoms with Crippen LogP contribution in [0.5, 0.6) is 0 Å². The van der Waals surface area contributed by atoms with Crippen LogP contribution in [0.4, 0.5) is 0 Å². The number of aromatic nitrogens is 3. The molecule has 2 heterocycles. The fraction of sp³-hybridized carbons (Fsp3) is 0.250. The van der Waals surface area contributed by atoms with E-state index in [1.54, 1.807) is 22.6 Å². The lowest BCUT2D eigenvalue weighted by molar-refractivity contribution is 0.754. The zero-order valence-corrected chi connectivity index (χ0v) is 7.80. The predicted octanol–water partition coefficient (Wildman–Crippen LogP) is 1.69. The van der Waals surface area contributed by atoms with E-state index in [0.29, 0.717) is 0 Å². The van der Waals surface area contributed by atoms with Gasteiger partial charge in [-0.05, 0) is 18.4 Å². The summed E-state index contributed by atoms with van der Waals surface area (Å²) in [7, 11) is 1.91. The zero-order chi connectivity index (χ0) is 8.55. The largest absolute Gasteiger partial charge is 0.249 e. The Balaban J connectivity index is 2.82. The molecule has 2 rings (SSSR count). The molecular formula is C8H9N3S. The first kappa shape index (κ1) is 7.61. The van der Waals surface area contributed by atoms with Crippen molar-refractivity contribution in [2.24, 2.45) is 7.05 Å². The maximum absolute atomic E-state index is 4.33. The Hall–Kier alpha value is -1.03. The number of hydrogen-bond acceptors (Lipinski definition) is 3. The van der Waals surface area contributed by atoms with Gasteiger partial charge in [-0.25, -0.2) is 9.67 Å². The van der Waals surface area contributed by atoms with Crippen LogP contribution in [0.3, 0.4) is 0 Å². The molecule has 0 aliphatic carbocycles. The van der Waals surface area contributed by atoms with Crippen molar-refractivity contribution in [2.45, 2.75) is 5.03 Å². The minimum atomic E-state index is 0.946. The molecule has 12 heavy (non-hydrogen) atoms. The van der Waals surface area contributed by atoms with Gasteiger partial charge in [0.1, 0.15) is 5.03 Å². The van der Waals surface area contributed by atoms with Gasteiger partial charge in [0.05, 0.1) is 5.39 Å². The van der Waals surface area contributed by atoms with Crippen molar-refractivity contribution in [1.29, 1.82) is 0 Å². The molecule has 4 heteroatoms. The van der Waals surface area contributed by atoms with Gasteiger partial charge in [-0.3, -0.25) is 0 Å². The molecule has 0 bridgehead atoms. The summed E-state index contributed by atoms with van der Waals surface area (Å²) in [6.45, 7) is 0. The lowest BCUT2D eigenvalue weighted by atomic mass is 10.4. The molecule has 0 saturated heterocycles. The fourth-order valence-corrected chi connectivity index (χ4v) is 1.79. The standard InChI is InChI=1S/C8H9N3S/c1-11-7-6(4-3-5-9-7)8(10-11)12-2/h3-5H,1-2H3. The van der Waals surface area contributed by atoms with E-state index in [1.807, 2.05) is 25.4 Å². The highest BCUT2D eigenvalue weighted by Gasteiger charge is 2.06. The van der Waals surface area contributed by atoms with Gasteiger partial charge in [-0.2, -0.15) is 5.10 Å². The Morgan fingerprint density at radius 2 is 2.33 bits per heavy atom. The van der Waals surface area contributed by atoms with E-state index in [2.05, 4.69) is 10.1 Å². The van der Waals surface area contributed by atoms with E-state index in [0.717, 1.165) is 16.1 Å². The molecule has 0 aliphatic heterocycles. The average Bonchev–Trinajstić information content (AvgIpc) is 2.44. The van der Waals surface area contributed by atoms with Crippen LogP contribution in [0, 0.1) is 0 Å². The first-order chi connectivity index (χ1) is 5.83. The minimum absolute atomic E-state index is 0.946. The van der Waals surface area contributed by atoms with Gasteiger partial charge in [0.25, 0.3) is 0 Å². The Morgan fingerprint density at radius 3 is 3.08 bits per heavy atom. The van der Waals surface area contributed by atoms with Gasteiger partial charge < -0.3 is 0 Å². The summed E-state index contributed by atoms with van der Waals surface area (Å²) in [6, 6.07) is 3.98. The third-order valence-corrected chi connectivity index (χ3v) is 2.45.